The first-order valence-corrected chi connectivity index (χ1v) is 6.65. The quantitative estimate of drug-likeness (QED) is 0.795. The summed E-state index contributed by atoms with van der Waals surface area (Å²) in [6, 6.07) is 1.82. The van der Waals surface area contributed by atoms with E-state index in [-0.39, 0.29) is 0 Å². The van der Waals surface area contributed by atoms with Crippen LogP contribution in [0, 0.1) is 0 Å². The number of ether oxygens (including phenoxy) is 1. The Balaban J connectivity index is 2.31. The van der Waals surface area contributed by atoms with Crippen LogP contribution in [-0.4, -0.2) is 15.0 Å². The zero-order chi connectivity index (χ0) is 13.0. The predicted octanol–water partition coefficient (Wildman–Crippen LogP) is 4.03. The van der Waals surface area contributed by atoms with Crippen LogP contribution in [0.15, 0.2) is 29.3 Å². The van der Waals surface area contributed by atoms with Crippen LogP contribution >= 0.6 is 27.5 Å². The second-order valence-corrected chi connectivity index (χ2v) is 4.91. The van der Waals surface area contributed by atoms with Crippen LogP contribution in [-0.2, 0) is 6.42 Å². The Morgan fingerprint density at radius 3 is 2.89 bits per heavy atom. The van der Waals surface area contributed by atoms with Gasteiger partial charge in [0, 0.05) is 10.7 Å². The van der Waals surface area contributed by atoms with Gasteiger partial charge < -0.3 is 4.74 Å². The van der Waals surface area contributed by atoms with Gasteiger partial charge in [0.1, 0.15) is 17.2 Å². The van der Waals surface area contributed by atoms with Gasteiger partial charge in [0.15, 0.2) is 0 Å². The molecular formula is C12H11BrClN3O. The van der Waals surface area contributed by atoms with Gasteiger partial charge in [0.2, 0.25) is 5.88 Å². The summed E-state index contributed by atoms with van der Waals surface area (Å²) in [5, 5.41) is 0.435. The van der Waals surface area contributed by atoms with Crippen molar-refractivity contribution < 1.29 is 4.74 Å². The Morgan fingerprint density at radius 1 is 1.33 bits per heavy atom. The van der Waals surface area contributed by atoms with E-state index in [9.17, 15) is 0 Å². The molecular weight excluding hydrogens is 318 g/mol. The molecule has 0 radical (unpaired) electrons. The molecule has 0 amide bonds. The minimum absolute atomic E-state index is 0.435. The number of pyridine rings is 1. The molecule has 2 aromatic rings. The highest BCUT2D eigenvalue weighted by atomic mass is 79.9. The van der Waals surface area contributed by atoms with E-state index in [0.29, 0.717) is 16.8 Å². The van der Waals surface area contributed by atoms with E-state index in [1.54, 1.807) is 12.4 Å². The maximum absolute atomic E-state index is 6.05. The van der Waals surface area contributed by atoms with Crippen LogP contribution < -0.4 is 4.74 Å². The first-order chi connectivity index (χ1) is 8.70. The molecule has 0 unspecified atom stereocenters. The van der Waals surface area contributed by atoms with Gasteiger partial charge in [0.05, 0.1) is 11.8 Å². The lowest BCUT2D eigenvalue weighted by Crippen LogP contribution is -1.98. The maximum Gasteiger partial charge on any atom is 0.227 e. The summed E-state index contributed by atoms with van der Waals surface area (Å²) in [6.07, 6.45) is 6.42. The normalized spacial score (nSPS) is 10.4. The molecule has 0 spiro atoms. The van der Waals surface area contributed by atoms with E-state index in [4.69, 9.17) is 16.3 Å². The number of rotatable bonds is 4. The summed E-state index contributed by atoms with van der Waals surface area (Å²) in [5.74, 6) is 1.09. The van der Waals surface area contributed by atoms with Crippen molar-refractivity contribution in [2.24, 2.45) is 0 Å². The van der Waals surface area contributed by atoms with Crippen molar-refractivity contribution in [1.82, 2.24) is 15.0 Å². The first-order valence-electron chi connectivity index (χ1n) is 5.48. The van der Waals surface area contributed by atoms with Gasteiger partial charge in [-0.2, -0.15) is 0 Å². The molecule has 4 nitrogen and oxygen atoms in total. The average molecular weight is 329 g/mol. The predicted molar refractivity (Wildman–Crippen MR) is 73.0 cm³/mol. The third-order valence-electron chi connectivity index (χ3n) is 2.25. The molecule has 2 heterocycles. The van der Waals surface area contributed by atoms with Crippen LogP contribution in [0.25, 0.3) is 0 Å². The molecule has 6 heteroatoms. The molecule has 2 aromatic heterocycles. The molecule has 0 fully saturated rings. The number of hydrogen-bond acceptors (Lipinski definition) is 4. The summed E-state index contributed by atoms with van der Waals surface area (Å²) >= 11 is 9.39. The molecule has 0 aliphatic rings. The minimum atomic E-state index is 0.435. The van der Waals surface area contributed by atoms with Crippen LogP contribution in [0.4, 0.5) is 0 Å². The van der Waals surface area contributed by atoms with Gasteiger partial charge in [-0.05, 0) is 28.4 Å². The highest BCUT2D eigenvalue weighted by Crippen LogP contribution is 2.28. The molecule has 0 aromatic carbocycles. The first kappa shape index (κ1) is 13.2. The summed E-state index contributed by atoms with van der Waals surface area (Å²) in [5.41, 5.74) is 0.821. The Bertz CT molecular complexity index is 551. The lowest BCUT2D eigenvalue weighted by Gasteiger charge is -2.09. The molecule has 0 aliphatic heterocycles. The van der Waals surface area contributed by atoms with Crippen molar-refractivity contribution in [3.8, 4) is 11.6 Å². The van der Waals surface area contributed by atoms with E-state index >= 15 is 0 Å². The van der Waals surface area contributed by atoms with Crippen molar-refractivity contribution >= 4 is 27.5 Å². The Morgan fingerprint density at radius 2 is 2.17 bits per heavy atom. The SMILES string of the molecule is CCCc1c(Cl)ncnc1Oc1cncc(Br)c1. The Hall–Kier alpha value is -1.20. The Labute approximate surface area is 119 Å². The van der Waals surface area contributed by atoms with E-state index in [2.05, 4.69) is 37.8 Å². The lowest BCUT2D eigenvalue weighted by molar-refractivity contribution is 0.451. The zero-order valence-corrected chi connectivity index (χ0v) is 12.1. The van der Waals surface area contributed by atoms with Gasteiger partial charge in [0.25, 0.3) is 0 Å². The average Bonchev–Trinajstić information content (AvgIpc) is 2.34. The molecule has 0 N–H and O–H groups in total. The summed E-state index contributed by atoms with van der Waals surface area (Å²) in [4.78, 5) is 12.1. The number of nitrogens with zero attached hydrogens (tertiary/aromatic N) is 3. The largest absolute Gasteiger partial charge is 0.437 e. The fourth-order valence-corrected chi connectivity index (χ4v) is 2.05. The van der Waals surface area contributed by atoms with Crippen molar-refractivity contribution in [2.45, 2.75) is 19.8 Å². The van der Waals surface area contributed by atoms with Crippen LogP contribution in [0.1, 0.15) is 18.9 Å². The highest BCUT2D eigenvalue weighted by molar-refractivity contribution is 9.10. The smallest absolute Gasteiger partial charge is 0.227 e. The van der Waals surface area contributed by atoms with E-state index in [0.717, 1.165) is 22.9 Å². The standard InChI is InChI=1S/C12H11BrClN3O/c1-2-3-10-11(14)16-7-17-12(10)18-9-4-8(13)5-15-6-9/h4-7H,2-3H2,1H3. The fourth-order valence-electron chi connectivity index (χ4n) is 1.48. The van der Waals surface area contributed by atoms with Crippen molar-refractivity contribution in [3.63, 3.8) is 0 Å². The van der Waals surface area contributed by atoms with E-state index in [1.807, 2.05) is 6.07 Å². The summed E-state index contributed by atoms with van der Waals surface area (Å²) in [7, 11) is 0. The van der Waals surface area contributed by atoms with Gasteiger partial charge in [-0.3, -0.25) is 4.98 Å². The molecule has 0 saturated carbocycles. The van der Waals surface area contributed by atoms with Crippen LogP contribution in [0.5, 0.6) is 11.6 Å². The monoisotopic (exact) mass is 327 g/mol. The molecule has 0 aliphatic carbocycles. The molecule has 0 atom stereocenters. The molecule has 0 saturated heterocycles. The summed E-state index contributed by atoms with van der Waals surface area (Å²) in [6.45, 7) is 2.06. The third kappa shape index (κ3) is 3.17. The number of halogens is 2. The van der Waals surface area contributed by atoms with Crippen molar-refractivity contribution in [2.75, 3.05) is 0 Å². The highest BCUT2D eigenvalue weighted by Gasteiger charge is 2.11. The summed E-state index contributed by atoms with van der Waals surface area (Å²) < 4.78 is 6.54. The minimum Gasteiger partial charge on any atom is -0.437 e. The van der Waals surface area contributed by atoms with Crippen molar-refractivity contribution in [3.05, 3.63) is 40.0 Å². The third-order valence-corrected chi connectivity index (χ3v) is 3.01. The number of aromatic nitrogens is 3. The molecule has 94 valence electrons. The fraction of sp³-hybridized carbons (Fsp3) is 0.250. The van der Waals surface area contributed by atoms with Gasteiger partial charge in [-0.1, -0.05) is 24.9 Å². The van der Waals surface area contributed by atoms with Gasteiger partial charge >= 0.3 is 0 Å². The molecule has 0 bridgehead atoms. The topological polar surface area (TPSA) is 47.9 Å². The lowest BCUT2D eigenvalue weighted by atomic mass is 10.2. The molecule has 2 rings (SSSR count). The molecule has 18 heavy (non-hydrogen) atoms. The van der Waals surface area contributed by atoms with Crippen molar-refractivity contribution in [1.29, 1.82) is 0 Å². The van der Waals surface area contributed by atoms with Crippen LogP contribution in [0.2, 0.25) is 5.15 Å². The van der Waals surface area contributed by atoms with E-state index < -0.39 is 0 Å². The number of hydrogen-bond donors (Lipinski definition) is 0. The van der Waals surface area contributed by atoms with E-state index in [1.165, 1.54) is 6.33 Å². The van der Waals surface area contributed by atoms with Crippen LogP contribution in [0.3, 0.4) is 0 Å². The zero-order valence-electron chi connectivity index (χ0n) is 9.73. The second-order valence-electron chi connectivity index (χ2n) is 3.64. The van der Waals surface area contributed by atoms with Gasteiger partial charge in [-0.15, -0.1) is 0 Å². The maximum atomic E-state index is 6.05. The second kappa shape index (κ2) is 6.11. The van der Waals surface area contributed by atoms with Gasteiger partial charge in [-0.25, -0.2) is 9.97 Å². The Kier molecular flexibility index (Phi) is 4.49.